The third kappa shape index (κ3) is 3.29. The monoisotopic (exact) mass is 361 g/mol. The number of carbonyl (C=O) groups excluding carboxylic acids is 1. The first-order valence-electron chi connectivity index (χ1n) is 9.75. The zero-order valence-electron chi connectivity index (χ0n) is 15.3. The Kier molecular flexibility index (Phi) is 4.07. The Morgan fingerprint density at radius 2 is 1.96 bits per heavy atom. The van der Waals surface area contributed by atoms with Crippen LogP contribution in [-0.2, 0) is 25.8 Å². The molecule has 1 aliphatic carbocycles. The molecule has 2 aromatic heterocycles. The Labute approximate surface area is 158 Å². The first kappa shape index (κ1) is 16.4. The highest BCUT2D eigenvalue weighted by Gasteiger charge is 2.31. The van der Waals surface area contributed by atoms with Crippen LogP contribution < -0.4 is 0 Å². The maximum absolute atomic E-state index is 13.0. The van der Waals surface area contributed by atoms with Crippen LogP contribution in [0.15, 0.2) is 53.1 Å². The molecule has 0 spiro atoms. The van der Waals surface area contributed by atoms with E-state index in [1.54, 1.807) is 0 Å². The smallest absolute Gasteiger partial charge is 0.270 e. The van der Waals surface area contributed by atoms with Gasteiger partial charge in [-0.3, -0.25) is 4.79 Å². The molecule has 0 saturated heterocycles. The highest BCUT2D eigenvalue weighted by atomic mass is 16.4. The van der Waals surface area contributed by atoms with Gasteiger partial charge in [0.05, 0.1) is 6.54 Å². The van der Waals surface area contributed by atoms with Crippen molar-refractivity contribution >= 4 is 5.91 Å². The van der Waals surface area contributed by atoms with Gasteiger partial charge in [0.1, 0.15) is 17.1 Å². The van der Waals surface area contributed by atoms with Crippen LogP contribution in [0.2, 0.25) is 0 Å². The maximum atomic E-state index is 13.0. The van der Waals surface area contributed by atoms with Gasteiger partial charge in [-0.25, -0.2) is 4.98 Å². The summed E-state index contributed by atoms with van der Waals surface area (Å²) in [5.74, 6) is 1.82. The Morgan fingerprint density at radius 3 is 2.78 bits per heavy atom. The number of aromatic nitrogens is 2. The predicted octanol–water partition coefficient (Wildman–Crippen LogP) is 3.79. The number of fused-ring (bicyclic) bond motifs is 1. The molecule has 1 amide bonds. The molecule has 1 fully saturated rings. The van der Waals surface area contributed by atoms with Gasteiger partial charge in [-0.1, -0.05) is 30.3 Å². The normalized spacial score (nSPS) is 16.4. The molecule has 5 rings (SSSR count). The van der Waals surface area contributed by atoms with Gasteiger partial charge in [0.25, 0.3) is 5.91 Å². The van der Waals surface area contributed by atoms with Gasteiger partial charge in [-0.05, 0) is 37.0 Å². The molecule has 5 nitrogen and oxygen atoms in total. The van der Waals surface area contributed by atoms with E-state index >= 15 is 0 Å². The van der Waals surface area contributed by atoms with Gasteiger partial charge in [0.15, 0.2) is 5.89 Å². The molecule has 0 unspecified atom stereocenters. The summed E-state index contributed by atoms with van der Waals surface area (Å²) < 4.78 is 8.10. The van der Waals surface area contributed by atoms with Crippen LogP contribution in [0.25, 0.3) is 0 Å². The average molecular weight is 361 g/mol. The lowest BCUT2D eigenvalue weighted by molar-refractivity contribution is 0.0716. The molecule has 3 aromatic rings. The van der Waals surface area contributed by atoms with Gasteiger partial charge in [-0.15, -0.1) is 0 Å². The molecule has 2 aliphatic rings. The van der Waals surface area contributed by atoms with Crippen molar-refractivity contribution in [2.75, 3.05) is 6.54 Å². The number of hydrogen-bond donors (Lipinski definition) is 0. The third-order valence-electron chi connectivity index (χ3n) is 5.47. The minimum atomic E-state index is 0.103. The summed E-state index contributed by atoms with van der Waals surface area (Å²) in [7, 11) is 0. The molecule has 1 aromatic carbocycles. The van der Waals surface area contributed by atoms with Gasteiger partial charge in [-0.2, -0.15) is 0 Å². The number of hydrogen-bond acceptors (Lipinski definition) is 3. The number of benzene rings is 1. The highest BCUT2D eigenvalue weighted by molar-refractivity contribution is 5.93. The van der Waals surface area contributed by atoms with Gasteiger partial charge < -0.3 is 13.9 Å². The molecule has 0 N–H and O–H groups in total. The Balaban J connectivity index is 1.27. The van der Waals surface area contributed by atoms with Crippen LogP contribution in [-0.4, -0.2) is 26.9 Å². The summed E-state index contributed by atoms with van der Waals surface area (Å²) in [5, 5.41) is 0. The van der Waals surface area contributed by atoms with E-state index in [-0.39, 0.29) is 5.91 Å². The third-order valence-corrected chi connectivity index (χ3v) is 5.47. The summed E-state index contributed by atoms with van der Waals surface area (Å²) in [6.45, 7) is 1.23. The minimum Gasteiger partial charge on any atom is -0.445 e. The average Bonchev–Trinajstić information content (AvgIpc) is 3.28. The van der Waals surface area contributed by atoms with Crippen molar-refractivity contribution < 1.29 is 9.21 Å². The predicted molar refractivity (Wildman–Crippen MR) is 102 cm³/mol. The van der Waals surface area contributed by atoms with Crippen LogP contribution in [0.1, 0.15) is 52.3 Å². The molecular formula is C22H23N3O2. The van der Waals surface area contributed by atoms with Crippen molar-refractivity contribution in [3.63, 3.8) is 0 Å². The SMILES string of the molecule is O=C(c1cccn1C1CC1)N1CCc2oc(CCc3ccccc3)nc2C1. The summed E-state index contributed by atoms with van der Waals surface area (Å²) in [4.78, 5) is 19.6. The van der Waals surface area contributed by atoms with E-state index in [1.165, 1.54) is 18.4 Å². The van der Waals surface area contributed by atoms with Crippen LogP contribution in [0.4, 0.5) is 0 Å². The van der Waals surface area contributed by atoms with E-state index in [9.17, 15) is 4.79 Å². The summed E-state index contributed by atoms with van der Waals surface area (Å²) >= 11 is 0. The fourth-order valence-electron chi connectivity index (χ4n) is 3.84. The topological polar surface area (TPSA) is 51.3 Å². The van der Waals surface area contributed by atoms with Crippen LogP contribution in [0.5, 0.6) is 0 Å². The van der Waals surface area contributed by atoms with Crippen LogP contribution in [0, 0.1) is 0 Å². The van der Waals surface area contributed by atoms with Crippen molar-refractivity contribution in [2.24, 2.45) is 0 Å². The lowest BCUT2D eigenvalue weighted by Gasteiger charge is -2.25. The number of oxazole rings is 1. The zero-order chi connectivity index (χ0) is 18.2. The molecule has 3 heterocycles. The van der Waals surface area contributed by atoms with Gasteiger partial charge in [0, 0.05) is 31.6 Å². The molecule has 0 atom stereocenters. The molecule has 27 heavy (non-hydrogen) atoms. The second-order valence-corrected chi connectivity index (χ2v) is 7.47. The number of carbonyl (C=O) groups is 1. The largest absolute Gasteiger partial charge is 0.445 e. The first-order valence-corrected chi connectivity index (χ1v) is 9.75. The van der Waals surface area contributed by atoms with E-state index in [4.69, 9.17) is 4.42 Å². The van der Waals surface area contributed by atoms with Gasteiger partial charge >= 0.3 is 0 Å². The van der Waals surface area contributed by atoms with Crippen molar-refractivity contribution in [1.29, 1.82) is 0 Å². The Hall–Kier alpha value is -2.82. The van der Waals surface area contributed by atoms with E-state index in [1.807, 2.05) is 29.3 Å². The number of rotatable bonds is 5. The molecule has 138 valence electrons. The standard InChI is InChI=1S/C22H23N3O2/c26-22(19-7-4-13-25(19)17-9-10-17)24-14-12-20-18(15-24)23-21(27-20)11-8-16-5-2-1-3-6-16/h1-7,13,17H,8-12,14-15H2. The van der Waals surface area contributed by atoms with Crippen molar-refractivity contribution in [3.05, 3.63) is 77.3 Å². The maximum Gasteiger partial charge on any atom is 0.270 e. The molecule has 1 aliphatic heterocycles. The number of nitrogens with zero attached hydrogens (tertiary/aromatic N) is 3. The van der Waals surface area contributed by atoms with E-state index in [0.717, 1.165) is 42.3 Å². The quantitative estimate of drug-likeness (QED) is 0.695. The van der Waals surface area contributed by atoms with Crippen LogP contribution in [0.3, 0.4) is 0 Å². The Bertz CT molecular complexity index is 953. The fraction of sp³-hybridized carbons (Fsp3) is 0.364. The van der Waals surface area contributed by atoms with Crippen molar-refractivity contribution in [3.8, 4) is 0 Å². The first-order chi connectivity index (χ1) is 13.3. The second kappa shape index (κ2) is 6.72. The van der Waals surface area contributed by atoms with E-state index in [0.29, 0.717) is 19.1 Å². The fourth-order valence-corrected chi connectivity index (χ4v) is 3.84. The zero-order valence-corrected chi connectivity index (χ0v) is 15.3. The van der Waals surface area contributed by atoms with E-state index < -0.39 is 0 Å². The number of aryl methyl sites for hydroxylation is 2. The molecule has 1 saturated carbocycles. The molecule has 5 heteroatoms. The summed E-state index contributed by atoms with van der Waals surface area (Å²) in [6.07, 6.45) is 6.81. The van der Waals surface area contributed by atoms with Crippen molar-refractivity contribution in [1.82, 2.24) is 14.5 Å². The number of amides is 1. The Morgan fingerprint density at radius 1 is 1.11 bits per heavy atom. The summed E-state index contributed by atoms with van der Waals surface area (Å²) in [6, 6.07) is 14.8. The summed E-state index contributed by atoms with van der Waals surface area (Å²) in [5.41, 5.74) is 3.00. The lowest BCUT2D eigenvalue weighted by Crippen LogP contribution is -2.36. The molecule has 0 bridgehead atoms. The highest BCUT2D eigenvalue weighted by Crippen LogP contribution is 2.36. The van der Waals surface area contributed by atoms with Crippen molar-refractivity contribution in [2.45, 2.75) is 44.7 Å². The lowest BCUT2D eigenvalue weighted by atomic mass is 10.1. The van der Waals surface area contributed by atoms with E-state index in [2.05, 4.69) is 33.8 Å². The molecular weight excluding hydrogens is 338 g/mol. The second-order valence-electron chi connectivity index (χ2n) is 7.47. The molecule has 0 radical (unpaired) electrons. The van der Waals surface area contributed by atoms with Crippen LogP contribution >= 0.6 is 0 Å². The minimum absolute atomic E-state index is 0.103. The van der Waals surface area contributed by atoms with Gasteiger partial charge in [0.2, 0.25) is 0 Å².